The van der Waals surface area contributed by atoms with Crippen LogP contribution in [0, 0.1) is 0 Å². The van der Waals surface area contributed by atoms with E-state index in [1.165, 1.54) is 16.6 Å². The van der Waals surface area contributed by atoms with Crippen molar-refractivity contribution in [3.63, 3.8) is 0 Å². The van der Waals surface area contributed by atoms with Crippen molar-refractivity contribution in [2.75, 3.05) is 26.2 Å². The maximum absolute atomic E-state index is 12.2. The second kappa shape index (κ2) is 6.69. The van der Waals surface area contributed by atoms with Crippen molar-refractivity contribution in [1.82, 2.24) is 14.6 Å². The maximum atomic E-state index is 12.2. The van der Waals surface area contributed by atoms with Gasteiger partial charge in [-0.1, -0.05) is 13.8 Å². The first-order chi connectivity index (χ1) is 8.97. The summed E-state index contributed by atoms with van der Waals surface area (Å²) in [7, 11) is -3.56. The third kappa shape index (κ3) is 3.55. The number of aromatic nitrogens is 1. The van der Waals surface area contributed by atoms with Crippen molar-refractivity contribution in [1.29, 1.82) is 0 Å². The number of aliphatic hydroxyl groups excluding tert-OH is 1. The molecule has 0 bridgehead atoms. The van der Waals surface area contributed by atoms with Crippen LogP contribution in [0.3, 0.4) is 0 Å². The molecule has 1 amide bonds. The standard InChI is InChI=1S/C11H19N3O4S/c1-3-14(4-2)19(17,18)9-7-10(13-8-9)11(16)12-5-6-15/h7-8,13,15H,3-6H2,1-2H3,(H,12,16). The number of rotatable bonds is 7. The smallest absolute Gasteiger partial charge is 0.267 e. The first kappa shape index (κ1) is 15.7. The molecule has 0 saturated heterocycles. The average molecular weight is 289 g/mol. The lowest BCUT2D eigenvalue weighted by molar-refractivity contribution is 0.0940. The lowest BCUT2D eigenvalue weighted by atomic mass is 10.4. The summed E-state index contributed by atoms with van der Waals surface area (Å²) in [5.74, 6) is -0.449. The molecule has 0 aromatic carbocycles. The molecule has 0 saturated carbocycles. The summed E-state index contributed by atoms with van der Waals surface area (Å²) in [6, 6.07) is 1.29. The number of carbonyl (C=O) groups is 1. The Balaban J connectivity index is 2.93. The molecule has 1 rings (SSSR count). The summed E-state index contributed by atoms with van der Waals surface area (Å²) in [5, 5.41) is 11.0. The summed E-state index contributed by atoms with van der Waals surface area (Å²) in [4.78, 5) is 14.3. The minimum Gasteiger partial charge on any atom is -0.395 e. The van der Waals surface area contributed by atoms with Gasteiger partial charge in [-0.25, -0.2) is 8.42 Å². The summed E-state index contributed by atoms with van der Waals surface area (Å²) in [6.07, 6.45) is 1.29. The van der Waals surface area contributed by atoms with Crippen LogP contribution in [0.2, 0.25) is 0 Å². The molecule has 0 unspecified atom stereocenters. The van der Waals surface area contributed by atoms with Gasteiger partial charge in [-0.05, 0) is 6.07 Å². The van der Waals surface area contributed by atoms with E-state index in [0.29, 0.717) is 13.1 Å². The van der Waals surface area contributed by atoms with E-state index in [1.807, 2.05) is 0 Å². The number of nitrogens with zero attached hydrogens (tertiary/aromatic N) is 1. The Hall–Kier alpha value is -1.38. The molecule has 1 aromatic rings. The minimum atomic E-state index is -3.56. The highest BCUT2D eigenvalue weighted by Crippen LogP contribution is 2.16. The van der Waals surface area contributed by atoms with Gasteiger partial charge in [0.25, 0.3) is 5.91 Å². The summed E-state index contributed by atoms with van der Waals surface area (Å²) in [5.41, 5.74) is 0.152. The predicted molar refractivity (Wildman–Crippen MR) is 70.3 cm³/mol. The maximum Gasteiger partial charge on any atom is 0.267 e. The summed E-state index contributed by atoms with van der Waals surface area (Å²) in [6.45, 7) is 4.20. The number of nitrogens with one attached hydrogen (secondary N) is 2. The molecule has 1 aromatic heterocycles. The monoisotopic (exact) mass is 289 g/mol. The minimum absolute atomic E-state index is 0.0605. The second-order valence-electron chi connectivity index (χ2n) is 3.82. The largest absolute Gasteiger partial charge is 0.395 e. The van der Waals surface area contributed by atoms with Crippen LogP contribution >= 0.6 is 0 Å². The first-order valence-electron chi connectivity index (χ1n) is 6.05. The summed E-state index contributed by atoms with van der Waals surface area (Å²) < 4.78 is 25.7. The third-order valence-corrected chi connectivity index (χ3v) is 4.67. The molecular formula is C11H19N3O4S. The quantitative estimate of drug-likeness (QED) is 0.645. The van der Waals surface area contributed by atoms with E-state index in [2.05, 4.69) is 10.3 Å². The fraction of sp³-hybridized carbons (Fsp3) is 0.545. The molecule has 0 aliphatic carbocycles. The fourth-order valence-corrected chi connectivity index (χ4v) is 3.08. The number of sulfonamides is 1. The fourth-order valence-electron chi connectivity index (χ4n) is 1.63. The van der Waals surface area contributed by atoms with Gasteiger partial charge >= 0.3 is 0 Å². The van der Waals surface area contributed by atoms with Crippen LogP contribution in [0.5, 0.6) is 0 Å². The van der Waals surface area contributed by atoms with E-state index in [9.17, 15) is 13.2 Å². The van der Waals surface area contributed by atoms with Gasteiger partial charge < -0.3 is 15.4 Å². The first-order valence-corrected chi connectivity index (χ1v) is 7.49. The van der Waals surface area contributed by atoms with Crippen LogP contribution in [0.4, 0.5) is 0 Å². The molecule has 1 heterocycles. The van der Waals surface area contributed by atoms with Gasteiger partial charge in [0.15, 0.2) is 0 Å². The third-order valence-electron chi connectivity index (χ3n) is 2.64. The molecule has 0 aliphatic rings. The van der Waals surface area contributed by atoms with Crippen LogP contribution in [0.1, 0.15) is 24.3 Å². The number of hydrogen-bond acceptors (Lipinski definition) is 4. The van der Waals surface area contributed by atoms with E-state index in [4.69, 9.17) is 5.11 Å². The van der Waals surface area contributed by atoms with Crippen LogP contribution in [-0.2, 0) is 10.0 Å². The Morgan fingerprint density at radius 3 is 2.58 bits per heavy atom. The molecule has 0 fully saturated rings. The number of aromatic amines is 1. The van der Waals surface area contributed by atoms with Gasteiger partial charge in [-0.2, -0.15) is 4.31 Å². The molecule has 0 aliphatic heterocycles. The zero-order valence-corrected chi connectivity index (χ0v) is 11.8. The average Bonchev–Trinajstić information content (AvgIpc) is 2.87. The van der Waals surface area contributed by atoms with Crippen LogP contribution < -0.4 is 5.32 Å². The zero-order chi connectivity index (χ0) is 14.5. The van der Waals surface area contributed by atoms with E-state index in [0.717, 1.165) is 0 Å². The number of amides is 1. The van der Waals surface area contributed by atoms with Crippen molar-refractivity contribution in [3.05, 3.63) is 18.0 Å². The van der Waals surface area contributed by atoms with E-state index >= 15 is 0 Å². The van der Waals surface area contributed by atoms with Gasteiger partial charge in [0.2, 0.25) is 10.0 Å². The Labute approximate surface area is 112 Å². The number of H-pyrrole nitrogens is 1. The normalized spacial score (nSPS) is 11.8. The number of carbonyl (C=O) groups excluding carboxylic acids is 1. The second-order valence-corrected chi connectivity index (χ2v) is 5.76. The highest BCUT2D eigenvalue weighted by atomic mass is 32.2. The molecule has 19 heavy (non-hydrogen) atoms. The molecule has 0 radical (unpaired) electrons. The van der Waals surface area contributed by atoms with Crippen molar-refractivity contribution >= 4 is 15.9 Å². The zero-order valence-electron chi connectivity index (χ0n) is 11.0. The van der Waals surface area contributed by atoms with Crippen molar-refractivity contribution in [3.8, 4) is 0 Å². The van der Waals surface area contributed by atoms with Crippen molar-refractivity contribution < 1.29 is 18.3 Å². The molecule has 8 heteroatoms. The van der Waals surface area contributed by atoms with E-state index in [-0.39, 0.29) is 23.7 Å². The molecular weight excluding hydrogens is 270 g/mol. The molecule has 0 spiro atoms. The molecule has 108 valence electrons. The number of aliphatic hydroxyl groups is 1. The Kier molecular flexibility index (Phi) is 5.52. The lowest BCUT2D eigenvalue weighted by Crippen LogP contribution is -2.30. The van der Waals surface area contributed by atoms with Gasteiger partial charge in [-0.15, -0.1) is 0 Å². The van der Waals surface area contributed by atoms with Gasteiger partial charge in [-0.3, -0.25) is 4.79 Å². The van der Waals surface area contributed by atoms with Gasteiger partial charge in [0, 0.05) is 25.8 Å². The van der Waals surface area contributed by atoms with Crippen molar-refractivity contribution in [2.24, 2.45) is 0 Å². The lowest BCUT2D eigenvalue weighted by Gasteiger charge is -2.16. The van der Waals surface area contributed by atoms with Gasteiger partial charge in [0.1, 0.15) is 10.6 Å². The summed E-state index contributed by atoms with van der Waals surface area (Å²) >= 11 is 0. The van der Waals surface area contributed by atoms with Crippen LogP contribution in [0.15, 0.2) is 17.2 Å². The van der Waals surface area contributed by atoms with Crippen molar-refractivity contribution in [2.45, 2.75) is 18.7 Å². The van der Waals surface area contributed by atoms with Crippen LogP contribution in [0.25, 0.3) is 0 Å². The van der Waals surface area contributed by atoms with Crippen LogP contribution in [-0.4, -0.2) is 55.0 Å². The topological polar surface area (TPSA) is 103 Å². The Bertz CT molecular complexity index is 520. The van der Waals surface area contributed by atoms with E-state index < -0.39 is 15.9 Å². The molecule has 3 N–H and O–H groups in total. The highest BCUT2D eigenvalue weighted by Gasteiger charge is 2.23. The van der Waals surface area contributed by atoms with E-state index in [1.54, 1.807) is 13.8 Å². The highest BCUT2D eigenvalue weighted by molar-refractivity contribution is 7.89. The SMILES string of the molecule is CCN(CC)S(=O)(=O)c1c[nH]c(C(=O)NCCO)c1. The Morgan fingerprint density at radius 2 is 2.05 bits per heavy atom. The number of hydrogen-bond donors (Lipinski definition) is 3. The van der Waals surface area contributed by atoms with Gasteiger partial charge in [0.05, 0.1) is 6.61 Å². The predicted octanol–water partition coefficient (Wildman–Crippen LogP) is -0.233. The molecule has 0 atom stereocenters. The Morgan fingerprint density at radius 1 is 1.42 bits per heavy atom. The molecule has 7 nitrogen and oxygen atoms in total.